The summed E-state index contributed by atoms with van der Waals surface area (Å²) in [7, 11) is 0. The van der Waals surface area contributed by atoms with Crippen LogP contribution in [0.5, 0.6) is 0 Å². The van der Waals surface area contributed by atoms with Crippen molar-refractivity contribution < 1.29 is 9.53 Å². The molecule has 0 aromatic carbocycles. The van der Waals surface area contributed by atoms with Gasteiger partial charge in [-0.15, -0.1) is 0 Å². The van der Waals surface area contributed by atoms with Crippen LogP contribution in [0.3, 0.4) is 0 Å². The van der Waals surface area contributed by atoms with Crippen LogP contribution in [0.15, 0.2) is 0 Å². The fourth-order valence-electron chi connectivity index (χ4n) is 1.37. The molecular formula is C8H17N3O2. The van der Waals surface area contributed by atoms with Crippen molar-refractivity contribution in [2.24, 2.45) is 11.5 Å². The third-order valence-corrected chi connectivity index (χ3v) is 2.22. The van der Waals surface area contributed by atoms with Crippen molar-refractivity contribution in [1.29, 1.82) is 0 Å². The molecule has 0 saturated carbocycles. The van der Waals surface area contributed by atoms with Crippen LogP contribution in [-0.2, 0) is 9.53 Å². The van der Waals surface area contributed by atoms with Gasteiger partial charge in [0.2, 0.25) is 5.91 Å². The first-order valence-electron chi connectivity index (χ1n) is 4.50. The lowest BCUT2D eigenvalue weighted by molar-refractivity contribution is -0.140. The highest BCUT2D eigenvalue weighted by molar-refractivity contribution is 5.82. The largest absolute Gasteiger partial charge is 0.377 e. The van der Waals surface area contributed by atoms with E-state index in [1.54, 1.807) is 4.90 Å². The van der Waals surface area contributed by atoms with Crippen molar-refractivity contribution in [3.8, 4) is 0 Å². The van der Waals surface area contributed by atoms with Gasteiger partial charge in [-0.05, 0) is 6.92 Å². The van der Waals surface area contributed by atoms with Crippen LogP contribution in [0.1, 0.15) is 6.92 Å². The van der Waals surface area contributed by atoms with Crippen molar-refractivity contribution in [1.82, 2.24) is 4.90 Å². The fraction of sp³-hybridized carbons (Fsp3) is 0.875. The standard InChI is InChI=1S/C8H17N3O2/c1-6-5-13-3-2-11(6)8(12)7(10)4-9/h6-7H,2-5,9-10H2,1H3/t6-,7-/m0/s1. The molecular weight excluding hydrogens is 170 g/mol. The van der Waals surface area contributed by atoms with Crippen molar-refractivity contribution >= 4 is 5.91 Å². The molecule has 0 radical (unpaired) electrons. The average Bonchev–Trinajstić information content (AvgIpc) is 2.16. The Bertz CT molecular complexity index is 186. The molecule has 0 aromatic heterocycles. The van der Waals surface area contributed by atoms with Crippen LogP contribution < -0.4 is 11.5 Å². The maximum absolute atomic E-state index is 11.6. The van der Waals surface area contributed by atoms with Gasteiger partial charge in [0.05, 0.1) is 25.3 Å². The van der Waals surface area contributed by atoms with Crippen LogP contribution in [0.25, 0.3) is 0 Å². The molecule has 1 rings (SSSR count). The zero-order valence-corrected chi connectivity index (χ0v) is 7.90. The summed E-state index contributed by atoms with van der Waals surface area (Å²) in [5.74, 6) is -0.0710. The molecule has 1 aliphatic heterocycles. The van der Waals surface area contributed by atoms with Crippen molar-refractivity contribution in [3.63, 3.8) is 0 Å². The van der Waals surface area contributed by atoms with Gasteiger partial charge in [-0.25, -0.2) is 0 Å². The second-order valence-corrected chi connectivity index (χ2v) is 3.30. The predicted molar refractivity (Wildman–Crippen MR) is 49.0 cm³/mol. The molecule has 0 aromatic rings. The number of amides is 1. The topological polar surface area (TPSA) is 81.6 Å². The average molecular weight is 187 g/mol. The van der Waals surface area contributed by atoms with E-state index in [1.165, 1.54) is 0 Å². The lowest BCUT2D eigenvalue weighted by atomic mass is 10.2. The number of rotatable bonds is 2. The molecule has 0 aliphatic carbocycles. The molecule has 13 heavy (non-hydrogen) atoms. The zero-order chi connectivity index (χ0) is 9.84. The van der Waals surface area contributed by atoms with E-state index in [0.29, 0.717) is 19.8 Å². The van der Waals surface area contributed by atoms with E-state index < -0.39 is 6.04 Å². The molecule has 0 unspecified atom stereocenters. The van der Waals surface area contributed by atoms with Gasteiger partial charge in [-0.2, -0.15) is 0 Å². The third kappa shape index (κ3) is 2.40. The van der Waals surface area contributed by atoms with Gasteiger partial charge in [-0.3, -0.25) is 4.79 Å². The predicted octanol–water partition coefficient (Wildman–Crippen LogP) is -1.48. The number of nitrogens with zero attached hydrogens (tertiary/aromatic N) is 1. The molecule has 0 spiro atoms. The Morgan fingerprint density at radius 2 is 2.46 bits per heavy atom. The third-order valence-electron chi connectivity index (χ3n) is 2.22. The van der Waals surface area contributed by atoms with Gasteiger partial charge in [0, 0.05) is 13.1 Å². The number of nitrogens with two attached hydrogens (primary N) is 2. The Morgan fingerprint density at radius 3 is 3.00 bits per heavy atom. The van der Waals surface area contributed by atoms with Gasteiger partial charge in [-0.1, -0.05) is 0 Å². The number of morpholine rings is 1. The second kappa shape index (κ2) is 4.55. The van der Waals surface area contributed by atoms with Gasteiger partial charge in [0.15, 0.2) is 0 Å². The minimum Gasteiger partial charge on any atom is -0.377 e. The SMILES string of the molecule is C[C@H]1COCCN1C(=O)[C@@H](N)CN. The van der Waals surface area contributed by atoms with Crippen molar-refractivity contribution in [3.05, 3.63) is 0 Å². The lowest BCUT2D eigenvalue weighted by Gasteiger charge is -2.34. The molecule has 5 nitrogen and oxygen atoms in total. The second-order valence-electron chi connectivity index (χ2n) is 3.30. The molecule has 1 amide bonds. The van der Waals surface area contributed by atoms with Crippen LogP contribution >= 0.6 is 0 Å². The molecule has 1 saturated heterocycles. The fourth-order valence-corrected chi connectivity index (χ4v) is 1.37. The van der Waals surface area contributed by atoms with Gasteiger partial charge >= 0.3 is 0 Å². The summed E-state index contributed by atoms with van der Waals surface area (Å²) in [6.45, 7) is 3.94. The van der Waals surface area contributed by atoms with E-state index in [0.717, 1.165) is 0 Å². The van der Waals surface area contributed by atoms with Crippen molar-refractivity contribution in [2.75, 3.05) is 26.3 Å². The Morgan fingerprint density at radius 1 is 1.77 bits per heavy atom. The highest BCUT2D eigenvalue weighted by Crippen LogP contribution is 2.06. The monoisotopic (exact) mass is 187 g/mol. The van der Waals surface area contributed by atoms with Gasteiger partial charge in [0.1, 0.15) is 0 Å². The summed E-state index contributed by atoms with van der Waals surface area (Å²) in [4.78, 5) is 13.3. The van der Waals surface area contributed by atoms with E-state index in [9.17, 15) is 4.79 Å². The molecule has 5 heteroatoms. The first-order valence-corrected chi connectivity index (χ1v) is 4.50. The normalized spacial score (nSPS) is 25.8. The molecule has 76 valence electrons. The summed E-state index contributed by atoms with van der Waals surface area (Å²) in [6.07, 6.45) is 0. The van der Waals surface area contributed by atoms with Crippen molar-refractivity contribution in [2.45, 2.75) is 19.0 Å². The summed E-state index contributed by atoms with van der Waals surface area (Å²) in [6, 6.07) is -0.459. The smallest absolute Gasteiger partial charge is 0.241 e. The molecule has 4 N–H and O–H groups in total. The maximum atomic E-state index is 11.6. The van der Waals surface area contributed by atoms with Crippen LogP contribution in [-0.4, -0.2) is 49.2 Å². The highest BCUT2D eigenvalue weighted by Gasteiger charge is 2.26. The van der Waals surface area contributed by atoms with Gasteiger partial charge in [0.25, 0.3) is 0 Å². The van der Waals surface area contributed by atoms with E-state index in [4.69, 9.17) is 16.2 Å². The van der Waals surface area contributed by atoms with Crippen LogP contribution in [0, 0.1) is 0 Å². The molecule has 1 fully saturated rings. The van der Waals surface area contributed by atoms with Crippen LogP contribution in [0.4, 0.5) is 0 Å². The summed E-state index contributed by atoms with van der Waals surface area (Å²) in [5, 5.41) is 0. The van der Waals surface area contributed by atoms with E-state index in [2.05, 4.69) is 0 Å². The minimum atomic E-state index is -0.569. The van der Waals surface area contributed by atoms with Crippen LogP contribution in [0.2, 0.25) is 0 Å². The molecule has 0 bridgehead atoms. The Balaban J connectivity index is 2.53. The molecule has 2 atom stereocenters. The Kier molecular flexibility index (Phi) is 3.65. The number of hydrogen-bond acceptors (Lipinski definition) is 4. The summed E-state index contributed by atoms with van der Waals surface area (Å²) >= 11 is 0. The number of carbonyl (C=O) groups excluding carboxylic acids is 1. The maximum Gasteiger partial charge on any atom is 0.241 e. The van der Waals surface area contributed by atoms with Gasteiger partial charge < -0.3 is 21.1 Å². The van der Waals surface area contributed by atoms with E-state index >= 15 is 0 Å². The quantitative estimate of drug-likeness (QED) is 0.552. The zero-order valence-electron chi connectivity index (χ0n) is 7.90. The first-order chi connectivity index (χ1) is 6.16. The molecule has 1 heterocycles. The minimum absolute atomic E-state index is 0.0710. The Labute approximate surface area is 78.0 Å². The lowest BCUT2D eigenvalue weighted by Crippen LogP contribution is -2.54. The number of ether oxygens (including phenoxy) is 1. The molecule has 1 aliphatic rings. The summed E-state index contributed by atoms with van der Waals surface area (Å²) < 4.78 is 5.21. The Hall–Kier alpha value is -0.650. The van der Waals surface area contributed by atoms with E-state index in [1.807, 2.05) is 6.92 Å². The van der Waals surface area contributed by atoms with E-state index in [-0.39, 0.29) is 18.5 Å². The number of carbonyl (C=O) groups is 1. The summed E-state index contributed by atoms with van der Waals surface area (Å²) in [5.41, 5.74) is 10.9. The number of hydrogen-bond donors (Lipinski definition) is 2. The first kappa shape index (κ1) is 10.4. The highest BCUT2D eigenvalue weighted by atomic mass is 16.5.